The molecular weight excluding hydrogens is 230 g/mol. The third kappa shape index (κ3) is 1.24. The van der Waals surface area contributed by atoms with Gasteiger partial charge < -0.3 is 15.7 Å². The van der Waals surface area contributed by atoms with Gasteiger partial charge in [0.1, 0.15) is 17.8 Å². The molecule has 2 aliphatic heterocycles. The third-order valence-electron chi connectivity index (χ3n) is 3.01. The second-order valence-electron chi connectivity index (χ2n) is 4.53. The lowest BCUT2D eigenvalue weighted by Crippen LogP contribution is -2.65. The topological polar surface area (TPSA) is 107 Å². The van der Waals surface area contributed by atoms with Crippen LogP contribution in [0.2, 0.25) is 0 Å². The van der Waals surface area contributed by atoms with Crippen molar-refractivity contribution in [3.05, 3.63) is 0 Å². The fraction of sp³-hybridized carbons (Fsp3) is 0.667. The quantitative estimate of drug-likeness (QED) is 0.350. The Hall–Kier alpha value is -1.24. The van der Waals surface area contributed by atoms with E-state index in [1.165, 1.54) is 16.7 Å². The molecule has 0 aromatic carbocycles. The van der Waals surface area contributed by atoms with Gasteiger partial charge in [-0.15, -0.1) is 11.8 Å². The van der Waals surface area contributed by atoms with Gasteiger partial charge in [0.15, 0.2) is 0 Å². The van der Waals surface area contributed by atoms with Gasteiger partial charge in [-0.05, 0) is 13.8 Å². The molecule has 0 aromatic rings. The second kappa shape index (κ2) is 3.13. The number of thioether (sulfide) groups is 1. The summed E-state index contributed by atoms with van der Waals surface area (Å²) < 4.78 is -0.545. The van der Waals surface area contributed by atoms with Crippen molar-refractivity contribution in [3.63, 3.8) is 0 Å². The molecule has 0 aliphatic carbocycles. The summed E-state index contributed by atoms with van der Waals surface area (Å²) in [7, 11) is 0. The number of nitrogens with zero attached hydrogens (tertiary/aromatic N) is 1. The third-order valence-corrected chi connectivity index (χ3v) is 4.58. The summed E-state index contributed by atoms with van der Waals surface area (Å²) in [6.07, 6.45) is 0. The number of fused-ring (bicyclic) bond motifs is 1. The fourth-order valence-corrected chi connectivity index (χ4v) is 4.00. The minimum Gasteiger partial charge on any atom is -0.480 e. The number of carboxylic acids is 1. The van der Waals surface area contributed by atoms with E-state index in [0.29, 0.717) is 0 Å². The average Bonchev–Trinajstić information content (AvgIpc) is 2.33. The molecule has 0 radical (unpaired) electrons. The van der Waals surface area contributed by atoms with Gasteiger partial charge in [0.05, 0.1) is 5.37 Å². The summed E-state index contributed by atoms with van der Waals surface area (Å²) in [5, 5.41) is 16.1. The van der Waals surface area contributed by atoms with Gasteiger partial charge in [-0.1, -0.05) is 0 Å². The number of aliphatic carboxylic acids is 1. The molecular formula is C9H13N3O3S. The summed E-state index contributed by atoms with van der Waals surface area (Å²) in [6.45, 7) is 3.58. The molecule has 88 valence electrons. The number of amidine groups is 1. The number of carbonyl (C=O) groups excluding carboxylic acids is 1. The van der Waals surface area contributed by atoms with Crippen molar-refractivity contribution in [2.45, 2.75) is 30.0 Å². The molecule has 2 heterocycles. The Morgan fingerprint density at radius 2 is 2.19 bits per heavy atom. The molecule has 1 unspecified atom stereocenters. The van der Waals surface area contributed by atoms with Crippen molar-refractivity contribution >= 4 is 29.5 Å². The van der Waals surface area contributed by atoms with Crippen molar-refractivity contribution < 1.29 is 14.7 Å². The van der Waals surface area contributed by atoms with Gasteiger partial charge in [0, 0.05) is 4.75 Å². The summed E-state index contributed by atoms with van der Waals surface area (Å²) >= 11 is 1.40. The zero-order valence-corrected chi connectivity index (χ0v) is 9.75. The summed E-state index contributed by atoms with van der Waals surface area (Å²) in [5.41, 5.74) is 5.33. The first kappa shape index (κ1) is 11.3. The second-order valence-corrected chi connectivity index (χ2v) is 6.30. The van der Waals surface area contributed by atoms with Crippen molar-refractivity contribution in [3.8, 4) is 0 Å². The van der Waals surface area contributed by atoms with Crippen molar-refractivity contribution in [2.75, 3.05) is 0 Å². The smallest absolute Gasteiger partial charge is 0.327 e. The van der Waals surface area contributed by atoms with Gasteiger partial charge in [-0.3, -0.25) is 10.2 Å². The minimum absolute atomic E-state index is 0.180. The molecule has 2 saturated heterocycles. The van der Waals surface area contributed by atoms with E-state index < -0.39 is 22.7 Å². The van der Waals surface area contributed by atoms with E-state index in [9.17, 15) is 9.59 Å². The first-order valence-corrected chi connectivity index (χ1v) is 5.72. The number of hydrogen-bond donors (Lipinski definition) is 3. The van der Waals surface area contributed by atoms with Crippen LogP contribution in [0.25, 0.3) is 0 Å². The highest BCUT2D eigenvalue weighted by atomic mass is 32.2. The molecule has 0 bridgehead atoms. The van der Waals surface area contributed by atoms with Crippen LogP contribution < -0.4 is 5.73 Å². The normalized spacial score (nSPS) is 35.5. The van der Waals surface area contributed by atoms with Crippen LogP contribution in [0.15, 0.2) is 0 Å². The predicted molar refractivity (Wildman–Crippen MR) is 59.1 cm³/mol. The number of rotatable bonds is 2. The monoisotopic (exact) mass is 243 g/mol. The number of hydrogen-bond acceptors (Lipinski definition) is 4. The van der Waals surface area contributed by atoms with Gasteiger partial charge in [-0.25, -0.2) is 4.79 Å². The van der Waals surface area contributed by atoms with Crippen LogP contribution in [-0.4, -0.2) is 43.9 Å². The number of carboxylic acid groups (broad SMARTS) is 1. The molecule has 0 saturated carbocycles. The van der Waals surface area contributed by atoms with Crippen molar-refractivity contribution in [1.29, 1.82) is 5.41 Å². The van der Waals surface area contributed by atoms with Crippen LogP contribution in [0.5, 0.6) is 0 Å². The number of β-lactam (4-membered cyclic amide) rings is 1. The van der Waals surface area contributed by atoms with E-state index in [-0.39, 0.29) is 17.1 Å². The predicted octanol–water partition coefficient (Wildman–Crippen LogP) is -0.315. The molecule has 6 nitrogen and oxygen atoms in total. The summed E-state index contributed by atoms with van der Waals surface area (Å²) in [6, 6.07) is -0.828. The lowest BCUT2D eigenvalue weighted by atomic mass is 9.91. The maximum atomic E-state index is 11.7. The maximum Gasteiger partial charge on any atom is 0.327 e. The molecule has 7 heteroatoms. The van der Waals surface area contributed by atoms with Gasteiger partial charge in [0.2, 0.25) is 5.91 Å². The molecule has 3 atom stereocenters. The van der Waals surface area contributed by atoms with E-state index in [2.05, 4.69) is 0 Å². The number of amides is 1. The number of nitrogens with two attached hydrogens (primary N) is 1. The van der Waals surface area contributed by atoms with E-state index in [4.69, 9.17) is 16.2 Å². The van der Waals surface area contributed by atoms with Gasteiger partial charge in [-0.2, -0.15) is 0 Å². The van der Waals surface area contributed by atoms with Crippen LogP contribution in [0.3, 0.4) is 0 Å². The zero-order chi connectivity index (χ0) is 12.2. The molecule has 2 aliphatic rings. The van der Waals surface area contributed by atoms with Crippen LogP contribution >= 0.6 is 11.8 Å². The standard InChI is InChI=1S/C9H13N3O3S/c1-9(2)4(8(14)15)12-6(13)3(5(10)11)7(12)16-9/h3-4,7H,1-2H3,(H3,10,11)(H,14,15)/t3?,4-,7+/m0/s1. The minimum atomic E-state index is -1.00. The molecule has 0 aromatic heterocycles. The first-order chi connectivity index (χ1) is 7.27. The van der Waals surface area contributed by atoms with Crippen molar-refractivity contribution in [1.82, 2.24) is 4.90 Å². The van der Waals surface area contributed by atoms with Crippen LogP contribution in [0.1, 0.15) is 13.8 Å². The summed E-state index contributed by atoms with van der Waals surface area (Å²) in [4.78, 5) is 24.2. The molecule has 2 rings (SSSR count). The Labute approximate surface area is 96.7 Å². The highest BCUT2D eigenvalue weighted by Gasteiger charge is 2.64. The van der Waals surface area contributed by atoms with E-state index in [1.807, 2.05) is 0 Å². The van der Waals surface area contributed by atoms with Gasteiger partial charge >= 0.3 is 5.97 Å². The van der Waals surface area contributed by atoms with E-state index in [0.717, 1.165) is 0 Å². The van der Waals surface area contributed by atoms with Crippen LogP contribution in [0, 0.1) is 11.3 Å². The SMILES string of the molecule is CC1(C)S[C@@H]2C(C(=N)N)C(=O)N2[C@H]1C(=O)O. The number of nitrogens with one attached hydrogen (secondary N) is 1. The van der Waals surface area contributed by atoms with Crippen LogP contribution in [0.4, 0.5) is 0 Å². The Morgan fingerprint density at radius 3 is 2.62 bits per heavy atom. The molecule has 16 heavy (non-hydrogen) atoms. The highest BCUT2D eigenvalue weighted by Crippen LogP contribution is 2.53. The lowest BCUT2D eigenvalue weighted by Gasteiger charge is -2.42. The summed E-state index contributed by atoms with van der Waals surface area (Å²) in [5.74, 6) is -2.17. The van der Waals surface area contributed by atoms with Gasteiger partial charge in [0.25, 0.3) is 0 Å². The number of carbonyl (C=O) groups is 2. The molecule has 4 N–H and O–H groups in total. The largest absolute Gasteiger partial charge is 0.480 e. The Balaban J connectivity index is 2.32. The molecule has 0 spiro atoms. The Bertz CT molecular complexity index is 395. The molecule has 2 fully saturated rings. The highest BCUT2D eigenvalue weighted by molar-refractivity contribution is 8.01. The Morgan fingerprint density at radius 1 is 1.62 bits per heavy atom. The molecule has 1 amide bonds. The van der Waals surface area contributed by atoms with E-state index in [1.54, 1.807) is 13.8 Å². The van der Waals surface area contributed by atoms with Crippen molar-refractivity contribution in [2.24, 2.45) is 11.7 Å². The zero-order valence-electron chi connectivity index (χ0n) is 8.93. The lowest BCUT2D eigenvalue weighted by molar-refractivity contribution is -0.160. The van der Waals surface area contributed by atoms with E-state index >= 15 is 0 Å². The van der Waals surface area contributed by atoms with Crippen LogP contribution in [-0.2, 0) is 9.59 Å². The fourth-order valence-electron chi connectivity index (χ4n) is 2.30. The first-order valence-electron chi connectivity index (χ1n) is 4.84. The average molecular weight is 243 g/mol. The Kier molecular flexibility index (Phi) is 2.20. The maximum absolute atomic E-state index is 11.7.